The van der Waals surface area contributed by atoms with E-state index in [1.807, 2.05) is 38.1 Å². The fraction of sp³-hybridized carbons (Fsp3) is 0.407. The van der Waals surface area contributed by atoms with Crippen LogP contribution in [-0.2, 0) is 16.4 Å². The van der Waals surface area contributed by atoms with Crippen molar-refractivity contribution in [3.8, 4) is 0 Å². The summed E-state index contributed by atoms with van der Waals surface area (Å²) >= 11 is 7.50. The number of aryl methyl sites for hydroxylation is 1. The van der Waals surface area contributed by atoms with Gasteiger partial charge in [-0.25, -0.2) is 8.42 Å². The van der Waals surface area contributed by atoms with Crippen LogP contribution in [0.5, 0.6) is 0 Å². The Morgan fingerprint density at radius 1 is 1.09 bits per heavy atom. The number of sulfonamides is 1. The molecule has 0 radical (unpaired) electrons. The predicted molar refractivity (Wildman–Crippen MR) is 147 cm³/mol. The lowest BCUT2D eigenvalue weighted by molar-refractivity contribution is -0.887. The van der Waals surface area contributed by atoms with E-state index in [9.17, 15) is 8.42 Å². The van der Waals surface area contributed by atoms with Crippen LogP contribution < -0.4 is 28.3 Å². The summed E-state index contributed by atoms with van der Waals surface area (Å²) < 4.78 is 31.6. The molecule has 4 nitrogen and oxygen atoms in total. The SMILES string of the molecule is CCN(c1ccc2c(c1)C(CC[N+](C)(C)CC)=C(C)C2)S(=O)(=O)c1sc2ccc(Cl)cc2c1C.[I-]. The van der Waals surface area contributed by atoms with E-state index >= 15 is 0 Å². The smallest absolute Gasteiger partial charge is 0.274 e. The Morgan fingerprint density at radius 3 is 2.46 bits per heavy atom. The van der Waals surface area contributed by atoms with Crippen molar-refractivity contribution in [2.45, 2.75) is 44.7 Å². The molecular formula is C27H34ClIN2O2S2. The molecule has 0 fully saturated rings. The van der Waals surface area contributed by atoms with Crippen LogP contribution in [0, 0.1) is 6.92 Å². The van der Waals surface area contributed by atoms with Crippen LogP contribution in [0.1, 0.15) is 43.9 Å². The van der Waals surface area contributed by atoms with Gasteiger partial charge in [0, 0.05) is 22.7 Å². The summed E-state index contributed by atoms with van der Waals surface area (Å²) in [4.78, 5) is 0. The quantitative estimate of drug-likeness (QED) is 0.276. The van der Waals surface area contributed by atoms with E-state index < -0.39 is 10.0 Å². The van der Waals surface area contributed by atoms with Gasteiger partial charge in [-0.2, -0.15) is 0 Å². The Morgan fingerprint density at radius 2 is 1.80 bits per heavy atom. The molecule has 0 saturated heterocycles. The zero-order chi connectivity index (χ0) is 24.8. The van der Waals surface area contributed by atoms with Crippen molar-refractivity contribution in [2.75, 3.05) is 38.0 Å². The van der Waals surface area contributed by atoms with Gasteiger partial charge in [0.1, 0.15) is 4.21 Å². The Kier molecular flexibility index (Phi) is 8.69. The van der Waals surface area contributed by atoms with Crippen LogP contribution in [0.15, 0.2) is 46.2 Å². The van der Waals surface area contributed by atoms with Gasteiger partial charge in [-0.05, 0) is 92.1 Å². The Balaban J connectivity index is 0.00000342. The maximum absolute atomic E-state index is 13.9. The third-order valence-corrected chi connectivity index (χ3v) is 11.2. The molecule has 0 amide bonds. The van der Waals surface area contributed by atoms with E-state index in [0.29, 0.717) is 15.8 Å². The van der Waals surface area contributed by atoms with Crippen LogP contribution in [0.3, 0.4) is 0 Å². The van der Waals surface area contributed by atoms with Gasteiger partial charge in [-0.15, -0.1) is 11.3 Å². The maximum Gasteiger partial charge on any atom is 0.274 e. The highest BCUT2D eigenvalue weighted by Gasteiger charge is 2.30. The fourth-order valence-electron chi connectivity index (χ4n) is 4.71. The van der Waals surface area contributed by atoms with Crippen molar-refractivity contribution in [2.24, 2.45) is 0 Å². The summed E-state index contributed by atoms with van der Waals surface area (Å²) in [6.07, 6.45) is 1.94. The largest absolute Gasteiger partial charge is 1.00 e. The monoisotopic (exact) mass is 644 g/mol. The fourth-order valence-corrected chi connectivity index (χ4v) is 8.19. The van der Waals surface area contributed by atoms with Crippen molar-refractivity contribution in [3.63, 3.8) is 0 Å². The normalized spacial score (nSPS) is 13.8. The molecule has 35 heavy (non-hydrogen) atoms. The number of nitrogens with zero attached hydrogens (tertiary/aromatic N) is 2. The van der Waals surface area contributed by atoms with Crippen LogP contribution in [0.4, 0.5) is 5.69 Å². The molecule has 0 bridgehead atoms. The minimum atomic E-state index is -3.71. The van der Waals surface area contributed by atoms with E-state index in [2.05, 4.69) is 40.1 Å². The molecule has 190 valence electrons. The highest BCUT2D eigenvalue weighted by atomic mass is 127. The number of quaternary nitrogens is 1. The van der Waals surface area contributed by atoms with Gasteiger partial charge < -0.3 is 28.5 Å². The average molecular weight is 645 g/mol. The number of thiophene rings is 1. The first-order valence-electron chi connectivity index (χ1n) is 11.8. The van der Waals surface area contributed by atoms with E-state index in [0.717, 1.165) is 51.8 Å². The topological polar surface area (TPSA) is 37.4 Å². The maximum atomic E-state index is 13.9. The molecule has 1 aromatic heterocycles. The lowest BCUT2D eigenvalue weighted by atomic mass is 10.0. The molecule has 4 rings (SSSR count). The summed E-state index contributed by atoms with van der Waals surface area (Å²) in [6.45, 7) is 10.7. The van der Waals surface area contributed by atoms with Gasteiger partial charge in [-0.1, -0.05) is 23.2 Å². The lowest BCUT2D eigenvalue weighted by Gasteiger charge is -2.29. The molecule has 0 N–H and O–H groups in total. The summed E-state index contributed by atoms with van der Waals surface area (Å²) in [7, 11) is 0.808. The molecule has 0 spiro atoms. The minimum Gasteiger partial charge on any atom is -1.00 e. The summed E-state index contributed by atoms with van der Waals surface area (Å²) in [6, 6.07) is 11.7. The van der Waals surface area contributed by atoms with Gasteiger partial charge in [0.25, 0.3) is 10.0 Å². The molecule has 1 aliphatic carbocycles. The zero-order valence-corrected chi connectivity index (χ0v) is 25.8. The van der Waals surface area contributed by atoms with E-state index in [1.54, 1.807) is 4.31 Å². The number of benzene rings is 2. The summed E-state index contributed by atoms with van der Waals surface area (Å²) in [5.41, 5.74) is 6.76. The van der Waals surface area contributed by atoms with Crippen LogP contribution in [-0.4, -0.2) is 46.6 Å². The number of fused-ring (bicyclic) bond motifs is 2. The molecule has 1 heterocycles. The van der Waals surface area contributed by atoms with Gasteiger partial charge in [-0.3, -0.25) is 4.31 Å². The Hall–Kier alpha value is -1.13. The Bertz CT molecular complexity index is 1390. The first-order chi connectivity index (χ1) is 16.0. The van der Waals surface area contributed by atoms with Crippen LogP contribution in [0.2, 0.25) is 5.02 Å². The number of allylic oxidation sites excluding steroid dienone is 1. The van der Waals surface area contributed by atoms with Gasteiger partial charge in [0.15, 0.2) is 0 Å². The molecule has 1 aliphatic rings. The molecule has 8 heteroatoms. The highest BCUT2D eigenvalue weighted by Crippen LogP contribution is 2.41. The minimum absolute atomic E-state index is 0. The van der Waals surface area contributed by atoms with Gasteiger partial charge in [0.05, 0.1) is 32.9 Å². The van der Waals surface area contributed by atoms with Crippen molar-refractivity contribution >= 4 is 54.3 Å². The molecule has 2 aromatic carbocycles. The second-order valence-corrected chi connectivity index (χ2v) is 13.4. The van der Waals surface area contributed by atoms with Crippen molar-refractivity contribution in [1.82, 2.24) is 0 Å². The van der Waals surface area contributed by atoms with Gasteiger partial charge >= 0.3 is 0 Å². The highest BCUT2D eigenvalue weighted by molar-refractivity contribution is 7.95. The second-order valence-electron chi connectivity index (χ2n) is 9.83. The summed E-state index contributed by atoms with van der Waals surface area (Å²) in [5, 5.41) is 1.52. The van der Waals surface area contributed by atoms with E-state index in [1.165, 1.54) is 33.6 Å². The standard InChI is InChI=1S/C27H34ClN2O2S2.HI/c1-7-29(34(31,32)27-19(4)24-16-21(28)10-12-26(24)33-27)22-11-9-20-15-18(3)23(25(20)17-22)13-14-30(5,6)8-2;/h9-12,16-17H,7-8,13-15H2,1-6H3;1H/q+1;/p-1. The Labute approximate surface area is 236 Å². The van der Waals surface area contributed by atoms with Crippen molar-refractivity contribution < 1.29 is 36.9 Å². The summed E-state index contributed by atoms with van der Waals surface area (Å²) in [5.74, 6) is 0. The second kappa shape index (κ2) is 10.7. The third kappa shape index (κ3) is 5.44. The van der Waals surface area contributed by atoms with Crippen molar-refractivity contribution in [1.29, 1.82) is 0 Å². The number of hydrogen-bond donors (Lipinski definition) is 0. The van der Waals surface area contributed by atoms with Gasteiger partial charge in [0.2, 0.25) is 0 Å². The van der Waals surface area contributed by atoms with Crippen LogP contribution in [0.25, 0.3) is 15.7 Å². The predicted octanol–water partition coefficient (Wildman–Crippen LogP) is 3.90. The number of anilines is 1. The number of halogens is 2. The number of hydrogen-bond acceptors (Lipinski definition) is 3. The van der Waals surface area contributed by atoms with Crippen LogP contribution >= 0.6 is 22.9 Å². The number of rotatable bonds is 8. The van der Waals surface area contributed by atoms with E-state index in [-0.39, 0.29) is 24.0 Å². The molecule has 3 aromatic rings. The van der Waals surface area contributed by atoms with E-state index in [4.69, 9.17) is 11.6 Å². The molecule has 0 saturated carbocycles. The molecule has 0 unspecified atom stereocenters. The lowest BCUT2D eigenvalue weighted by Crippen LogP contribution is -3.00. The van der Waals surface area contributed by atoms with Crippen molar-refractivity contribution in [3.05, 3.63) is 63.7 Å². The average Bonchev–Trinajstić information content (AvgIpc) is 3.28. The molecule has 0 atom stereocenters. The first-order valence-corrected chi connectivity index (χ1v) is 14.5. The third-order valence-electron chi connectivity index (χ3n) is 7.17. The molecular weight excluding hydrogens is 611 g/mol. The zero-order valence-electron chi connectivity index (χ0n) is 21.3. The first kappa shape index (κ1) is 28.4. The molecule has 0 aliphatic heterocycles.